The number of hydrogen-bond acceptors (Lipinski definition) is 2. The third-order valence-electron chi connectivity index (χ3n) is 3.77. The van der Waals surface area contributed by atoms with Crippen molar-refractivity contribution in [2.24, 2.45) is 17.6 Å². The zero-order chi connectivity index (χ0) is 12.3. The molecule has 1 fully saturated rings. The Labute approximate surface area is 104 Å². The van der Waals surface area contributed by atoms with Crippen LogP contribution in [0.4, 0.5) is 0 Å². The fourth-order valence-electron chi connectivity index (χ4n) is 2.67. The minimum absolute atomic E-state index is 0.297. The molecule has 1 aromatic carbocycles. The Morgan fingerprint density at radius 1 is 1.35 bits per heavy atom. The van der Waals surface area contributed by atoms with E-state index in [1.54, 1.807) is 0 Å². The van der Waals surface area contributed by atoms with E-state index < -0.39 is 0 Å². The van der Waals surface area contributed by atoms with Crippen LogP contribution in [0, 0.1) is 18.8 Å². The predicted molar refractivity (Wildman–Crippen MR) is 71.2 cm³/mol. The monoisotopic (exact) mass is 233 g/mol. The molecular formula is C15H23NO. The van der Waals surface area contributed by atoms with Crippen LogP contribution in [-0.4, -0.2) is 12.6 Å². The van der Waals surface area contributed by atoms with E-state index in [1.807, 2.05) is 12.1 Å². The Hall–Kier alpha value is -1.02. The van der Waals surface area contributed by atoms with Crippen molar-refractivity contribution >= 4 is 0 Å². The van der Waals surface area contributed by atoms with Crippen LogP contribution in [0.5, 0.6) is 5.75 Å². The van der Waals surface area contributed by atoms with Crippen LogP contribution in [0.2, 0.25) is 0 Å². The molecule has 1 saturated carbocycles. The summed E-state index contributed by atoms with van der Waals surface area (Å²) >= 11 is 0. The number of aryl methyl sites for hydroxylation is 1. The van der Waals surface area contributed by atoms with Crippen molar-refractivity contribution in [3.05, 3.63) is 29.8 Å². The van der Waals surface area contributed by atoms with Gasteiger partial charge >= 0.3 is 0 Å². The average molecular weight is 233 g/mol. The normalized spacial score (nSPS) is 29.0. The van der Waals surface area contributed by atoms with E-state index in [-0.39, 0.29) is 0 Å². The molecule has 0 amide bonds. The highest BCUT2D eigenvalue weighted by atomic mass is 16.5. The first-order valence-electron chi connectivity index (χ1n) is 6.62. The van der Waals surface area contributed by atoms with Gasteiger partial charge in [0.15, 0.2) is 0 Å². The molecule has 1 aliphatic carbocycles. The van der Waals surface area contributed by atoms with Gasteiger partial charge in [-0.25, -0.2) is 0 Å². The van der Waals surface area contributed by atoms with Gasteiger partial charge in [-0.1, -0.05) is 25.5 Å². The fraction of sp³-hybridized carbons (Fsp3) is 0.600. The van der Waals surface area contributed by atoms with Crippen molar-refractivity contribution in [2.45, 2.75) is 39.2 Å². The van der Waals surface area contributed by atoms with E-state index in [2.05, 4.69) is 26.0 Å². The molecule has 0 aliphatic heterocycles. The van der Waals surface area contributed by atoms with Crippen molar-refractivity contribution in [3.63, 3.8) is 0 Å². The molecule has 0 saturated heterocycles. The van der Waals surface area contributed by atoms with Crippen molar-refractivity contribution < 1.29 is 4.74 Å². The molecule has 2 N–H and O–H groups in total. The first kappa shape index (κ1) is 12.4. The summed E-state index contributed by atoms with van der Waals surface area (Å²) in [5.41, 5.74) is 7.09. The molecule has 0 radical (unpaired) electrons. The SMILES string of the molecule is Cc1cccc(OC2CC(C)CCC2CN)c1. The maximum absolute atomic E-state index is 6.13. The zero-order valence-corrected chi connectivity index (χ0v) is 10.9. The highest BCUT2D eigenvalue weighted by Gasteiger charge is 2.29. The molecule has 2 rings (SSSR count). The summed E-state index contributed by atoms with van der Waals surface area (Å²) in [4.78, 5) is 0. The third-order valence-corrected chi connectivity index (χ3v) is 3.77. The first-order valence-corrected chi connectivity index (χ1v) is 6.62. The van der Waals surface area contributed by atoms with Crippen LogP contribution >= 0.6 is 0 Å². The Morgan fingerprint density at radius 2 is 2.18 bits per heavy atom. The summed E-state index contributed by atoms with van der Waals surface area (Å²) in [6.45, 7) is 5.14. The van der Waals surface area contributed by atoms with Gasteiger partial charge < -0.3 is 10.5 Å². The van der Waals surface area contributed by atoms with Gasteiger partial charge in [0.05, 0.1) is 0 Å². The summed E-state index contributed by atoms with van der Waals surface area (Å²) in [6, 6.07) is 8.29. The second-order valence-electron chi connectivity index (χ2n) is 5.39. The van der Waals surface area contributed by atoms with Gasteiger partial charge in [0.25, 0.3) is 0 Å². The average Bonchev–Trinajstić information content (AvgIpc) is 2.29. The molecule has 0 spiro atoms. The minimum atomic E-state index is 0.297. The van der Waals surface area contributed by atoms with Crippen molar-refractivity contribution in [1.29, 1.82) is 0 Å². The van der Waals surface area contributed by atoms with Gasteiger partial charge in [-0.2, -0.15) is 0 Å². The van der Waals surface area contributed by atoms with Crippen molar-refractivity contribution in [3.8, 4) is 5.75 Å². The molecule has 1 aromatic rings. The fourth-order valence-corrected chi connectivity index (χ4v) is 2.67. The quantitative estimate of drug-likeness (QED) is 0.870. The van der Waals surface area contributed by atoms with E-state index in [1.165, 1.54) is 18.4 Å². The zero-order valence-electron chi connectivity index (χ0n) is 10.9. The largest absolute Gasteiger partial charge is 0.490 e. The van der Waals surface area contributed by atoms with E-state index in [9.17, 15) is 0 Å². The Morgan fingerprint density at radius 3 is 2.88 bits per heavy atom. The summed E-state index contributed by atoms with van der Waals surface area (Å²) in [5.74, 6) is 2.27. The molecular weight excluding hydrogens is 210 g/mol. The molecule has 0 aromatic heterocycles. The number of benzene rings is 1. The van der Waals surface area contributed by atoms with Crippen LogP contribution in [0.25, 0.3) is 0 Å². The van der Waals surface area contributed by atoms with Gasteiger partial charge in [-0.05, 0) is 49.9 Å². The molecule has 17 heavy (non-hydrogen) atoms. The van der Waals surface area contributed by atoms with E-state index >= 15 is 0 Å². The van der Waals surface area contributed by atoms with Crippen LogP contribution in [0.15, 0.2) is 24.3 Å². The standard InChI is InChI=1S/C15H23NO/c1-11-4-3-5-14(8-11)17-15-9-12(2)6-7-13(15)10-16/h3-5,8,12-13,15H,6-7,9-10,16H2,1-2H3. The maximum Gasteiger partial charge on any atom is 0.119 e. The third kappa shape index (κ3) is 3.22. The van der Waals surface area contributed by atoms with Gasteiger partial charge in [0.2, 0.25) is 0 Å². The molecule has 2 nitrogen and oxygen atoms in total. The topological polar surface area (TPSA) is 35.2 Å². The molecule has 3 unspecified atom stereocenters. The van der Waals surface area contributed by atoms with E-state index in [0.717, 1.165) is 24.6 Å². The molecule has 0 heterocycles. The lowest BCUT2D eigenvalue weighted by molar-refractivity contribution is 0.0741. The lowest BCUT2D eigenvalue weighted by atomic mass is 9.80. The van der Waals surface area contributed by atoms with Gasteiger partial charge in [0, 0.05) is 5.92 Å². The van der Waals surface area contributed by atoms with E-state index in [0.29, 0.717) is 12.0 Å². The summed E-state index contributed by atoms with van der Waals surface area (Å²) in [6.07, 6.45) is 3.92. The molecule has 94 valence electrons. The molecule has 1 aliphatic rings. The lowest BCUT2D eigenvalue weighted by Gasteiger charge is -2.34. The van der Waals surface area contributed by atoms with Crippen LogP contribution in [0.3, 0.4) is 0 Å². The summed E-state index contributed by atoms with van der Waals surface area (Å²) < 4.78 is 6.13. The predicted octanol–water partition coefficient (Wildman–Crippen LogP) is 3.14. The summed E-state index contributed by atoms with van der Waals surface area (Å²) in [7, 11) is 0. The second kappa shape index (κ2) is 5.54. The second-order valence-corrected chi connectivity index (χ2v) is 5.39. The van der Waals surface area contributed by atoms with Gasteiger partial charge in [-0.3, -0.25) is 0 Å². The smallest absolute Gasteiger partial charge is 0.119 e. The summed E-state index contributed by atoms with van der Waals surface area (Å²) in [5, 5.41) is 0. The Balaban J connectivity index is 2.04. The highest BCUT2D eigenvalue weighted by Crippen LogP contribution is 2.31. The lowest BCUT2D eigenvalue weighted by Crippen LogP contribution is -2.37. The van der Waals surface area contributed by atoms with Crippen LogP contribution in [0.1, 0.15) is 31.7 Å². The van der Waals surface area contributed by atoms with E-state index in [4.69, 9.17) is 10.5 Å². The van der Waals surface area contributed by atoms with Gasteiger partial charge in [0.1, 0.15) is 11.9 Å². The number of hydrogen-bond donors (Lipinski definition) is 1. The molecule has 0 bridgehead atoms. The molecule has 3 atom stereocenters. The van der Waals surface area contributed by atoms with Crippen molar-refractivity contribution in [1.82, 2.24) is 0 Å². The number of rotatable bonds is 3. The van der Waals surface area contributed by atoms with Crippen LogP contribution in [-0.2, 0) is 0 Å². The first-order chi connectivity index (χ1) is 8.19. The molecule has 2 heteroatoms. The van der Waals surface area contributed by atoms with Crippen LogP contribution < -0.4 is 10.5 Å². The Kier molecular flexibility index (Phi) is 4.06. The number of nitrogens with two attached hydrogens (primary N) is 1. The minimum Gasteiger partial charge on any atom is -0.490 e. The number of ether oxygens (including phenoxy) is 1. The highest BCUT2D eigenvalue weighted by molar-refractivity contribution is 5.27. The maximum atomic E-state index is 6.13. The Bertz CT molecular complexity index is 364. The van der Waals surface area contributed by atoms with Crippen molar-refractivity contribution in [2.75, 3.05) is 6.54 Å². The van der Waals surface area contributed by atoms with Gasteiger partial charge in [-0.15, -0.1) is 0 Å².